The van der Waals surface area contributed by atoms with Gasteiger partial charge in [-0.1, -0.05) is 228 Å². The molecule has 9 aromatic rings. The van der Waals surface area contributed by atoms with E-state index in [0.29, 0.717) is 5.92 Å². The average Bonchev–Trinajstić information content (AvgIpc) is 3.62. The van der Waals surface area contributed by atoms with Gasteiger partial charge in [0.25, 0.3) is 0 Å². The first-order valence-electron chi connectivity index (χ1n) is 22.4. The number of hydrogen-bond acceptors (Lipinski definition) is 1. The second kappa shape index (κ2) is 13.8. The van der Waals surface area contributed by atoms with Crippen LogP contribution in [0.2, 0.25) is 0 Å². The zero-order chi connectivity index (χ0) is 41.8. The van der Waals surface area contributed by atoms with E-state index >= 15 is 0 Å². The topological polar surface area (TPSA) is 9.23 Å². The minimum absolute atomic E-state index is 0.0436. The molecular weight excluding hydrogens is 759 g/mol. The van der Waals surface area contributed by atoms with E-state index in [1.54, 1.807) is 0 Å². The van der Waals surface area contributed by atoms with Crippen LogP contribution in [0.3, 0.4) is 0 Å². The molecule has 2 heteroatoms. The van der Waals surface area contributed by atoms with Crippen LogP contribution in [0.15, 0.2) is 223 Å². The molecule has 0 fully saturated rings. The van der Waals surface area contributed by atoms with Gasteiger partial charge in [0, 0.05) is 27.8 Å². The highest BCUT2D eigenvalue weighted by atomic mass is 16.5. The fraction of sp³-hybridized carbons (Fsp3) is 0.0820. The summed E-state index contributed by atoms with van der Waals surface area (Å²) in [5.74, 6) is 2.26. The standard InChI is InChI=1S/C61H43BO/c1-38-26-28-40-14-3-7-20-47(40)57(38)62(58-39(2)27-29-41-15-4-8-21-48(41)58)46-19-13-18-44(36-46)45-30-33-52-51-24-11-12-25-53(51)61(56(52)37-45)54-34-31-42-16-5-9-22-49(42)59(54)63-60-50-23-10-6-17-43(50)32-35-55(60)61/h3-28,30-37,41H,29H2,1-2H3. The van der Waals surface area contributed by atoms with Crippen LogP contribution in [-0.2, 0) is 5.41 Å². The van der Waals surface area contributed by atoms with Gasteiger partial charge in [0.05, 0.1) is 5.41 Å². The van der Waals surface area contributed by atoms with Crippen LogP contribution in [0.5, 0.6) is 11.5 Å². The number of benzene rings is 9. The van der Waals surface area contributed by atoms with Crippen molar-refractivity contribution in [3.8, 4) is 33.8 Å². The van der Waals surface area contributed by atoms with Crippen LogP contribution in [0.1, 0.15) is 41.2 Å². The van der Waals surface area contributed by atoms with E-state index in [9.17, 15) is 0 Å². The highest BCUT2D eigenvalue weighted by molar-refractivity contribution is 6.93. The lowest BCUT2D eigenvalue weighted by atomic mass is 9.32. The molecule has 1 unspecified atom stereocenters. The summed E-state index contributed by atoms with van der Waals surface area (Å²) in [6.07, 6.45) is 12.7. The first-order chi connectivity index (χ1) is 31.1. The Morgan fingerprint density at radius 2 is 1.16 bits per heavy atom. The third kappa shape index (κ3) is 5.19. The molecule has 0 aromatic heterocycles. The maximum absolute atomic E-state index is 7.25. The number of ether oxygens (including phenoxy) is 1. The summed E-state index contributed by atoms with van der Waals surface area (Å²) in [6.45, 7) is 4.67. The summed E-state index contributed by atoms with van der Waals surface area (Å²) < 4.78 is 7.25. The van der Waals surface area contributed by atoms with Crippen LogP contribution < -0.4 is 15.7 Å². The molecule has 9 aromatic carbocycles. The van der Waals surface area contributed by atoms with E-state index < -0.39 is 5.41 Å². The minimum Gasteiger partial charge on any atom is -0.455 e. The molecule has 296 valence electrons. The molecule has 0 saturated heterocycles. The van der Waals surface area contributed by atoms with E-state index in [-0.39, 0.29) is 6.71 Å². The largest absolute Gasteiger partial charge is 0.455 e. The number of allylic oxidation sites excluding steroid dienone is 8. The molecule has 1 spiro atoms. The van der Waals surface area contributed by atoms with Crippen molar-refractivity contribution < 1.29 is 4.74 Å². The summed E-state index contributed by atoms with van der Waals surface area (Å²) in [4.78, 5) is 0. The van der Waals surface area contributed by atoms with Crippen molar-refractivity contribution in [3.05, 3.63) is 251 Å². The SMILES string of the molecule is CC1=CCC2C=CC=CC2=C1B(c1cccc(-c2ccc3c(c2)C2(c4ccccc4-3)c3ccc4ccccc4c3Oc3c2ccc2ccccc32)c1)c1c(C)ccc2ccccc12. The molecular formula is C61H43BO. The van der Waals surface area contributed by atoms with Crippen molar-refractivity contribution >= 4 is 50.0 Å². The third-order valence-electron chi connectivity index (χ3n) is 14.7. The number of hydrogen-bond donors (Lipinski definition) is 0. The molecule has 1 atom stereocenters. The van der Waals surface area contributed by atoms with Crippen molar-refractivity contribution in [2.45, 2.75) is 25.7 Å². The van der Waals surface area contributed by atoms with Gasteiger partial charge < -0.3 is 4.74 Å². The predicted molar refractivity (Wildman–Crippen MR) is 265 cm³/mol. The van der Waals surface area contributed by atoms with Gasteiger partial charge in [-0.2, -0.15) is 0 Å². The number of rotatable bonds is 4. The Labute approximate surface area is 369 Å². The lowest BCUT2D eigenvalue weighted by molar-refractivity contribution is 0.447. The van der Waals surface area contributed by atoms with Crippen molar-refractivity contribution in [2.24, 2.45) is 5.92 Å². The van der Waals surface area contributed by atoms with Gasteiger partial charge in [0.1, 0.15) is 11.5 Å². The van der Waals surface area contributed by atoms with Crippen molar-refractivity contribution in [3.63, 3.8) is 0 Å². The van der Waals surface area contributed by atoms with E-state index in [4.69, 9.17) is 4.74 Å². The van der Waals surface area contributed by atoms with Gasteiger partial charge in [-0.3, -0.25) is 0 Å². The summed E-state index contributed by atoms with van der Waals surface area (Å²) in [6, 6.07) is 65.9. The van der Waals surface area contributed by atoms with Crippen LogP contribution in [0.4, 0.5) is 0 Å². The second-order valence-corrected chi connectivity index (χ2v) is 17.9. The summed E-state index contributed by atoms with van der Waals surface area (Å²) in [7, 11) is 0. The average molecular weight is 803 g/mol. The van der Waals surface area contributed by atoms with Gasteiger partial charge >= 0.3 is 0 Å². The van der Waals surface area contributed by atoms with Crippen molar-refractivity contribution in [1.82, 2.24) is 0 Å². The first-order valence-corrected chi connectivity index (χ1v) is 22.4. The summed E-state index contributed by atoms with van der Waals surface area (Å²) in [5.41, 5.74) is 17.6. The molecule has 0 N–H and O–H groups in total. The fourth-order valence-electron chi connectivity index (χ4n) is 11.9. The summed E-state index contributed by atoms with van der Waals surface area (Å²) in [5, 5.41) is 7.21. The molecule has 63 heavy (non-hydrogen) atoms. The van der Waals surface area contributed by atoms with Gasteiger partial charge in [-0.05, 0) is 86.8 Å². The van der Waals surface area contributed by atoms with E-state index in [2.05, 4.69) is 220 Å². The van der Waals surface area contributed by atoms with Crippen LogP contribution >= 0.6 is 0 Å². The quantitative estimate of drug-likeness (QED) is 0.161. The lowest BCUT2D eigenvalue weighted by Crippen LogP contribution is -2.47. The van der Waals surface area contributed by atoms with Crippen LogP contribution in [-0.4, -0.2) is 6.71 Å². The highest BCUT2D eigenvalue weighted by Gasteiger charge is 2.52. The maximum atomic E-state index is 7.25. The molecule has 0 bridgehead atoms. The highest BCUT2D eigenvalue weighted by Crippen LogP contribution is 2.64. The van der Waals surface area contributed by atoms with Gasteiger partial charge in [0.2, 0.25) is 6.71 Å². The van der Waals surface area contributed by atoms with Crippen molar-refractivity contribution in [2.75, 3.05) is 0 Å². The Hall–Kier alpha value is -7.42. The molecule has 1 aliphatic heterocycles. The Kier molecular flexibility index (Phi) is 7.94. The number of fused-ring (bicyclic) bond motifs is 15. The number of aryl methyl sites for hydroxylation is 1. The minimum atomic E-state index is -0.606. The molecule has 0 saturated carbocycles. The Bertz CT molecular complexity index is 3470. The molecule has 0 amide bonds. The van der Waals surface area contributed by atoms with E-state index in [1.807, 2.05) is 0 Å². The Morgan fingerprint density at radius 1 is 0.524 bits per heavy atom. The van der Waals surface area contributed by atoms with Gasteiger partial charge in [0.15, 0.2) is 0 Å². The second-order valence-electron chi connectivity index (χ2n) is 17.9. The fourth-order valence-corrected chi connectivity index (χ4v) is 11.9. The monoisotopic (exact) mass is 802 g/mol. The van der Waals surface area contributed by atoms with Crippen LogP contribution in [0, 0.1) is 12.8 Å². The Balaban J connectivity index is 1.07. The molecule has 4 aliphatic rings. The van der Waals surface area contributed by atoms with Gasteiger partial charge in [-0.25, -0.2) is 0 Å². The van der Waals surface area contributed by atoms with Crippen LogP contribution in [0.25, 0.3) is 54.6 Å². The van der Waals surface area contributed by atoms with Crippen molar-refractivity contribution in [1.29, 1.82) is 0 Å². The zero-order valence-corrected chi connectivity index (χ0v) is 35.4. The van der Waals surface area contributed by atoms with E-state index in [0.717, 1.165) is 28.7 Å². The zero-order valence-electron chi connectivity index (χ0n) is 35.4. The predicted octanol–water partition coefficient (Wildman–Crippen LogP) is 14.1. The summed E-state index contributed by atoms with van der Waals surface area (Å²) >= 11 is 0. The first kappa shape index (κ1) is 36.3. The molecule has 3 aliphatic carbocycles. The molecule has 0 radical (unpaired) electrons. The van der Waals surface area contributed by atoms with E-state index in [1.165, 1.54) is 99.2 Å². The molecule has 13 rings (SSSR count). The Morgan fingerprint density at radius 3 is 1.92 bits per heavy atom. The van der Waals surface area contributed by atoms with Gasteiger partial charge in [-0.15, -0.1) is 0 Å². The third-order valence-corrected chi connectivity index (χ3v) is 14.7. The maximum Gasteiger partial charge on any atom is 0.243 e. The smallest absolute Gasteiger partial charge is 0.243 e. The normalized spacial score (nSPS) is 16.3. The lowest BCUT2D eigenvalue weighted by Gasteiger charge is -2.40. The molecule has 1 nitrogen and oxygen atoms in total. The molecule has 1 heterocycles.